The number of rotatable bonds is 4. The first kappa shape index (κ1) is 11.2. The van der Waals surface area contributed by atoms with Crippen molar-refractivity contribution in [2.75, 3.05) is 7.05 Å². The molecule has 0 aliphatic heterocycles. The lowest BCUT2D eigenvalue weighted by Gasteiger charge is -2.08. The molecule has 0 aliphatic carbocycles. The van der Waals surface area contributed by atoms with Crippen LogP contribution in [0.25, 0.3) is 0 Å². The molecule has 0 aliphatic rings. The second-order valence-corrected chi connectivity index (χ2v) is 4.05. The Hall–Kier alpha value is -0.890. The summed E-state index contributed by atoms with van der Waals surface area (Å²) in [5.41, 5.74) is 1.97. The average Bonchev–Trinajstić information content (AvgIpc) is 2.10. The Morgan fingerprint density at radius 3 is 2.64 bits per heavy atom. The van der Waals surface area contributed by atoms with Crippen molar-refractivity contribution in [2.24, 2.45) is 5.92 Å². The van der Waals surface area contributed by atoms with Crippen LogP contribution in [0, 0.1) is 11.7 Å². The van der Waals surface area contributed by atoms with Gasteiger partial charge in [-0.3, -0.25) is 0 Å². The summed E-state index contributed by atoms with van der Waals surface area (Å²) in [6, 6.07) is 5.38. The first-order valence-electron chi connectivity index (χ1n) is 5.05. The quantitative estimate of drug-likeness (QED) is 0.779. The lowest BCUT2D eigenvalue weighted by Crippen LogP contribution is -2.08. The van der Waals surface area contributed by atoms with Crippen molar-refractivity contribution in [2.45, 2.75) is 26.8 Å². The number of nitrogens with one attached hydrogen (secondary N) is 1. The maximum atomic E-state index is 13.3. The Morgan fingerprint density at radius 1 is 1.36 bits per heavy atom. The van der Waals surface area contributed by atoms with Gasteiger partial charge in [-0.1, -0.05) is 26.0 Å². The van der Waals surface area contributed by atoms with Crippen LogP contribution >= 0.6 is 0 Å². The largest absolute Gasteiger partial charge is 0.316 e. The number of benzene rings is 1. The van der Waals surface area contributed by atoms with Gasteiger partial charge in [-0.05, 0) is 31.0 Å². The van der Waals surface area contributed by atoms with Crippen LogP contribution < -0.4 is 5.32 Å². The highest BCUT2D eigenvalue weighted by Gasteiger charge is 2.03. The minimum atomic E-state index is -0.119. The summed E-state index contributed by atoms with van der Waals surface area (Å²) in [5, 5.41) is 2.97. The van der Waals surface area contributed by atoms with Gasteiger partial charge in [-0.25, -0.2) is 4.39 Å². The average molecular weight is 195 g/mol. The lowest BCUT2D eigenvalue weighted by atomic mass is 10.0. The SMILES string of the molecule is CNCc1cc(CC(C)C)ccc1F. The van der Waals surface area contributed by atoms with Crippen molar-refractivity contribution in [3.8, 4) is 0 Å². The molecule has 0 radical (unpaired) electrons. The highest BCUT2D eigenvalue weighted by atomic mass is 19.1. The van der Waals surface area contributed by atoms with E-state index in [1.165, 1.54) is 5.56 Å². The van der Waals surface area contributed by atoms with Gasteiger partial charge in [0.1, 0.15) is 5.82 Å². The van der Waals surface area contributed by atoms with E-state index in [2.05, 4.69) is 19.2 Å². The Morgan fingerprint density at radius 2 is 2.07 bits per heavy atom. The molecule has 0 amide bonds. The Balaban J connectivity index is 2.83. The Bertz CT molecular complexity index is 294. The van der Waals surface area contributed by atoms with E-state index < -0.39 is 0 Å². The van der Waals surface area contributed by atoms with Crippen molar-refractivity contribution < 1.29 is 4.39 Å². The Labute approximate surface area is 85.3 Å². The maximum absolute atomic E-state index is 13.3. The first-order chi connectivity index (χ1) is 6.63. The highest BCUT2D eigenvalue weighted by Crippen LogP contribution is 2.13. The van der Waals surface area contributed by atoms with Gasteiger partial charge in [0.25, 0.3) is 0 Å². The van der Waals surface area contributed by atoms with Crippen LogP contribution in [0.4, 0.5) is 4.39 Å². The molecular weight excluding hydrogens is 177 g/mol. The molecule has 1 nitrogen and oxygen atoms in total. The summed E-state index contributed by atoms with van der Waals surface area (Å²) < 4.78 is 13.3. The topological polar surface area (TPSA) is 12.0 Å². The van der Waals surface area contributed by atoms with Gasteiger partial charge in [0.15, 0.2) is 0 Å². The third-order valence-corrected chi connectivity index (χ3v) is 2.12. The summed E-state index contributed by atoms with van der Waals surface area (Å²) >= 11 is 0. The van der Waals surface area contributed by atoms with Crippen LogP contribution in [0.2, 0.25) is 0 Å². The molecular formula is C12H18FN. The zero-order valence-corrected chi connectivity index (χ0v) is 9.10. The molecule has 0 bridgehead atoms. The van der Waals surface area contributed by atoms with Crippen LogP contribution in [-0.4, -0.2) is 7.05 Å². The second-order valence-electron chi connectivity index (χ2n) is 4.05. The summed E-state index contributed by atoms with van der Waals surface area (Å²) in [7, 11) is 1.83. The van der Waals surface area contributed by atoms with Crippen LogP contribution in [-0.2, 0) is 13.0 Å². The molecule has 0 unspecified atom stereocenters. The fourth-order valence-corrected chi connectivity index (χ4v) is 1.55. The van der Waals surface area contributed by atoms with Crippen LogP contribution in [0.3, 0.4) is 0 Å². The number of hydrogen-bond donors (Lipinski definition) is 1. The third-order valence-electron chi connectivity index (χ3n) is 2.12. The fourth-order valence-electron chi connectivity index (χ4n) is 1.55. The van der Waals surface area contributed by atoms with Gasteiger partial charge in [0.05, 0.1) is 0 Å². The van der Waals surface area contributed by atoms with Gasteiger partial charge in [0, 0.05) is 12.1 Å². The summed E-state index contributed by atoms with van der Waals surface area (Å²) in [6.07, 6.45) is 1.01. The van der Waals surface area contributed by atoms with Crippen molar-refractivity contribution in [3.63, 3.8) is 0 Å². The van der Waals surface area contributed by atoms with E-state index in [4.69, 9.17) is 0 Å². The smallest absolute Gasteiger partial charge is 0.127 e. The minimum Gasteiger partial charge on any atom is -0.316 e. The number of hydrogen-bond acceptors (Lipinski definition) is 1. The molecule has 0 saturated heterocycles. The lowest BCUT2D eigenvalue weighted by molar-refractivity contribution is 0.595. The van der Waals surface area contributed by atoms with Crippen LogP contribution in [0.15, 0.2) is 18.2 Å². The Kier molecular flexibility index (Phi) is 4.08. The molecule has 0 heterocycles. The molecule has 1 N–H and O–H groups in total. The van der Waals surface area contributed by atoms with Gasteiger partial charge in [-0.15, -0.1) is 0 Å². The van der Waals surface area contributed by atoms with Crippen LogP contribution in [0.1, 0.15) is 25.0 Å². The van der Waals surface area contributed by atoms with Gasteiger partial charge >= 0.3 is 0 Å². The van der Waals surface area contributed by atoms with Crippen molar-refractivity contribution in [1.29, 1.82) is 0 Å². The van der Waals surface area contributed by atoms with Crippen LogP contribution in [0.5, 0.6) is 0 Å². The van der Waals surface area contributed by atoms with E-state index in [1.807, 2.05) is 19.2 Å². The van der Waals surface area contributed by atoms with Crippen molar-refractivity contribution >= 4 is 0 Å². The van der Waals surface area contributed by atoms with Gasteiger partial charge < -0.3 is 5.32 Å². The summed E-state index contributed by atoms with van der Waals surface area (Å²) in [6.45, 7) is 4.93. The van der Waals surface area contributed by atoms with Gasteiger partial charge in [0.2, 0.25) is 0 Å². The summed E-state index contributed by atoms with van der Waals surface area (Å²) in [5.74, 6) is 0.495. The minimum absolute atomic E-state index is 0.119. The van der Waals surface area contributed by atoms with Gasteiger partial charge in [-0.2, -0.15) is 0 Å². The second kappa shape index (κ2) is 5.11. The van der Waals surface area contributed by atoms with Crippen molar-refractivity contribution in [1.82, 2.24) is 5.32 Å². The molecule has 0 aromatic heterocycles. The number of halogens is 1. The van der Waals surface area contributed by atoms with E-state index in [1.54, 1.807) is 6.07 Å². The van der Waals surface area contributed by atoms with Crippen molar-refractivity contribution in [3.05, 3.63) is 35.1 Å². The maximum Gasteiger partial charge on any atom is 0.127 e. The summed E-state index contributed by atoms with van der Waals surface area (Å²) in [4.78, 5) is 0. The molecule has 0 spiro atoms. The molecule has 0 fully saturated rings. The predicted molar refractivity (Wildman–Crippen MR) is 57.7 cm³/mol. The predicted octanol–water partition coefficient (Wildman–Crippen LogP) is 2.74. The van der Waals surface area contributed by atoms with E-state index >= 15 is 0 Å². The van der Waals surface area contributed by atoms with E-state index in [-0.39, 0.29) is 5.82 Å². The molecule has 78 valence electrons. The monoisotopic (exact) mass is 195 g/mol. The molecule has 2 heteroatoms. The van der Waals surface area contributed by atoms with E-state index in [0.717, 1.165) is 12.0 Å². The molecule has 1 aromatic rings. The standard InChI is InChI=1S/C12H18FN/c1-9(2)6-10-4-5-12(13)11(7-10)8-14-3/h4-5,7,9,14H,6,8H2,1-3H3. The van der Waals surface area contributed by atoms with E-state index in [9.17, 15) is 4.39 Å². The first-order valence-corrected chi connectivity index (χ1v) is 5.05. The zero-order chi connectivity index (χ0) is 10.6. The molecule has 1 rings (SSSR count). The zero-order valence-electron chi connectivity index (χ0n) is 9.10. The molecule has 0 saturated carbocycles. The highest BCUT2D eigenvalue weighted by molar-refractivity contribution is 5.25. The molecule has 1 aromatic carbocycles. The normalized spacial score (nSPS) is 10.9. The van der Waals surface area contributed by atoms with E-state index in [0.29, 0.717) is 12.5 Å². The molecule has 0 atom stereocenters. The molecule has 14 heavy (non-hydrogen) atoms. The third kappa shape index (κ3) is 3.11. The fraction of sp³-hybridized carbons (Fsp3) is 0.500.